The fourth-order valence-corrected chi connectivity index (χ4v) is 8.46. The van der Waals surface area contributed by atoms with E-state index >= 15 is 0 Å². The van der Waals surface area contributed by atoms with Gasteiger partial charge in [0.05, 0.1) is 47.2 Å². The number of halogens is 2. The summed E-state index contributed by atoms with van der Waals surface area (Å²) in [6.45, 7) is 1.76. The molecule has 4 aromatic rings. The van der Waals surface area contributed by atoms with Gasteiger partial charge in [0.2, 0.25) is 11.8 Å². The number of benzene rings is 2. The number of hydrogen-bond donors (Lipinski definition) is 3. The fourth-order valence-electron chi connectivity index (χ4n) is 6.32. The summed E-state index contributed by atoms with van der Waals surface area (Å²) >= 11 is 14.1. The average molecular weight is 725 g/mol. The summed E-state index contributed by atoms with van der Waals surface area (Å²) < 4.78 is 35.0. The van der Waals surface area contributed by atoms with Gasteiger partial charge in [-0.3, -0.25) is 9.78 Å². The van der Waals surface area contributed by atoms with E-state index in [-0.39, 0.29) is 29.5 Å². The number of rotatable bonds is 12. The summed E-state index contributed by atoms with van der Waals surface area (Å²) in [6, 6.07) is 17.6. The number of carbonyl (C=O) groups excluding carboxylic acids is 1. The number of nitrogens with zero attached hydrogens (tertiary/aromatic N) is 2. The molecule has 2 aromatic heterocycles. The molecule has 2 fully saturated rings. The minimum atomic E-state index is -2.92. The number of methoxy groups -OCH3 is 2. The van der Waals surface area contributed by atoms with Crippen LogP contribution >= 0.6 is 23.2 Å². The molecule has 258 valence electrons. The van der Waals surface area contributed by atoms with Crippen LogP contribution < -0.4 is 25.4 Å². The standard InChI is InChI=1S/C36H39Cl2N5O5S/c1-47-31-18-22(6-7-23(31)20-41-25-13-16-49(45,46)17-14-25)35-34(38)28(12-15-40-35)27-4-3-5-29(33(27)37)30-10-8-24(36(43-30)48-2)19-39-21-26-9-11-32(44)42-26/h3-8,10,12,15,18,25-26,39,41H,9,11,13-14,16-17,19-21H2,1-2H3,(H,42,44)/t26-/m1/s1. The lowest BCUT2D eigenvalue weighted by molar-refractivity contribution is -0.119. The Kier molecular flexibility index (Phi) is 11.1. The van der Waals surface area contributed by atoms with Crippen molar-refractivity contribution in [2.24, 2.45) is 0 Å². The molecule has 0 radical (unpaired) electrons. The smallest absolute Gasteiger partial charge is 0.220 e. The van der Waals surface area contributed by atoms with E-state index in [9.17, 15) is 13.2 Å². The molecule has 4 heterocycles. The number of pyridine rings is 2. The van der Waals surface area contributed by atoms with Crippen molar-refractivity contribution in [3.63, 3.8) is 0 Å². The normalized spacial score (nSPS) is 17.6. The van der Waals surface area contributed by atoms with E-state index in [1.807, 2.05) is 54.6 Å². The predicted octanol–water partition coefficient (Wildman–Crippen LogP) is 5.84. The summed E-state index contributed by atoms with van der Waals surface area (Å²) in [5, 5.41) is 10.8. The van der Waals surface area contributed by atoms with Gasteiger partial charge in [-0.05, 0) is 37.5 Å². The maximum atomic E-state index is 11.8. The van der Waals surface area contributed by atoms with Gasteiger partial charge >= 0.3 is 0 Å². The van der Waals surface area contributed by atoms with Crippen molar-refractivity contribution in [2.75, 3.05) is 32.3 Å². The molecule has 3 N–H and O–H groups in total. The van der Waals surface area contributed by atoms with Crippen LogP contribution in [-0.4, -0.2) is 68.6 Å². The maximum absolute atomic E-state index is 11.8. The summed E-state index contributed by atoms with van der Waals surface area (Å²) in [6.07, 6.45) is 4.31. The lowest BCUT2D eigenvalue weighted by Gasteiger charge is -2.23. The number of carbonyl (C=O) groups is 1. The largest absolute Gasteiger partial charge is 0.496 e. The third-order valence-electron chi connectivity index (χ3n) is 9.07. The van der Waals surface area contributed by atoms with Crippen molar-refractivity contribution in [1.29, 1.82) is 0 Å². The molecule has 2 aliphatic heterocycles. The number of ether oxygens (including phenoxy) is 2. The summed E-state index contributed by atoms with van der Waals surface area (Å²) in [7, 11) is 0.293. The van der Waals surface area contributed by atoms with Gasteiger partial charge in [-0.1, -0.05) is 59.6 Å². The quantitative estimate of drug-likeness (QED) is 0.165. The highest BCUT2D eigenvalue weighted by atomic mass is 35.5. The first-order valence-corrected chi connectivity index (χ1v) is 18.8. The van der Waals surface area contributed by atoms with E-state index < -0.39 is 9.84 Å². The lowest BCUT2D eigenvalue weighted by Crippen LogP contribution is -2.37. The van der Waals surface area contributed by atoms with Crippen LogP contribution in [0.15, 0.2) is 60.8 Å². The number of nitrogens with one attached hydrogen (secondary N) is 3. The first-order chi connectivity index (χ1) is 23.7. The molecule has 0 bridgehead atoms. The Morgan fingerprint density at radius 2 is 1.65 bits per heavy atom. The summed E-state index contributed by atoms with van der Waals surface area (Å²) in [5.74, 6) is 1.70. The van der Waals surface area contributed by atoms with Crippen molar-refractivity contribution in [2.45, 2.75) is 50.9 Å². The van der Waals surface area contributed by atoms with E-state index in [1.165, 1.54) is 0 Å². The monoisotopic (exact) mass is 723 g/mol. The van der Waals surface area contributed by atoms with Gasteiger partial charge in [-0.25, -0.2) is 13.4 Å². The number of amides is 1. The zero-order valence-electron chi connectivity index (χ0n) is 27.4. The van der Waals surface area contributed by atoms with E-state index in [0.29, 0.717) is 72.0 Å². The van der Waals surface area contributed by atoms with E-state index in [2.05, 4.69) is 20.9 Å². The van der Waals surface area contributed by atoms with Crippen LogP contribution in [0.3, 0.4) is 0 Å². The Labute approximate surface area is 296 Å². The van der Waals surface area contributed by atoms with E-state index in [1.54, 1.807) is 20.4 Å². The first-order valence-electron chi connectivity index (χ1n) is 16.2. The number of sulfone groups is 1. The Balaban J connectivity index is 1.21. The molecule has 10 nitrogen and oxygen atoms in total. The van der Waals surface area contributed by atoms with Gasteiger partial charge in [-0.15, -0.1) is 0 Å². The predicted molar refractivity (Wildman–Crippen MR) is 193 cm³/mol. The molecule has 2 saturated heterocycles. The second kappa shape index (κ2) is 15.4. The Morgan fingerprint density at radius 3 is 2.39 bits per heavy atom. The molecule has 49 heavy (non-hydrogen) atoms. The van der Waals surface area contributed by atoms with Crippen LogP contribution in [0.5, 0.6) is 11.6 Å². The third kappa shape index (κ3) is 8.19. The Hall–Kier alpha value is -3.74. The zero-order valence-corrected chi connectivity index (χ0v) is 29.7. The molecule has 0 saturated carbocycles. The van der Waals surface area contributed by atoms with Crippen LogP contribution in [0.2, 0.25) is 10.0 Å². The highest BCUT2D eigenvalue weighted by Gasteiger charge is 2.24. The van der Waals surface area contributed by atoms with Gasteiger partial charge in [0.15, 0.2) is 0 Å². The second-order valence-corrected chi connectivity index (χ2v) is 15.4. The Morgan fingerprint density at radius 1 is 0.898 bits per heavy atom. The Bertz CT molecular complexity index is 1940. The maximum Gasteiger partial charge on any atom is 0.220 e. The van der Waals surface area contributed by atoms with Gasteiger partial charge in [0.1, 0.15) is 15.6 Å². The van der Waals surface area contributed by atoms with Gasteiger partial charge in [0, 0.05) is 77.7 Å². The van der Waals surface area contributed by atoms with Crippen LogP contribution in [0, 0.1) is 0 Å². The molecular formula is C36H39Cl2N5O5S. The molecule has 1 amide bonds. The number of hydrogen-bond acceptors (Lipinski definition) is 9. The van der Waals surface area contributed by atoms with Crippen LogP contribution in [0.25, 0.3) is 33.6 Å². The van der Waals surface area contributed by atoms with Gasteiger partial charge in [0.25, 0.3) is 0 Å². The highest BCUT2D eigenvalue weighted by molar-refractivity contribution is 7.91. The molecule has 0 unspecified atom stereocenters. The molecule has 0 spiro atoms. The third-order valence-corrected chi connectivity index (χ3v) is 11.6. The fraction of sp³-hybridized carbons (Fsp3) is 0.361. The van der Waals surface area contributed by atoms with Crippen LogP contribution in [0.4, 0.5) is 0 Å². The summed E-state index contributed by atoms with van der Waals surface area (Å²) in [5.41, 5.74) is 6.07. The lowest BCUT2D eigenvalue weighted by atomic mass is 9.99. The zero-order chi connectivity index (χ0) is 34.5. The molecule has 2 aliphatic rings. The van der Waals surface area contributed by atoms with Crippen molar-refractivity contribution >= 4 is 38.9 Å². The second-order valence-electron chi connectivity index (χ2n) is 12.3. The van der Waals surface area contributed by atoms with E-state index in [4.69, 9.17) is 37.7 Å². The van der Waals surface area contributed by atoms with E-state index in [0.717, 1.165) is 39.8 Å². The van der Waals surface area contributed by atoms with Crippen LogP contribution in [0.1, 0.15) is 36.8 Å². The first kappa shape index (κ1) is 35.1. The summed E-state index contributed by atoms with van der Waals surface area (Å²) in [4.78, 5) is 20.9. The van der Waals surface area contributed by atoms with Gasteiger partial charge in [-0.2, -0.15) is 0 Å². The molecule has 6 rings (SSSR count). The van der Waals surface area contributed by atoms with Gasteiger partial charge < -0.3 is 25.4 Å². The van der Waals surface area contributed by atoms with Crippen molar-refractivity contribution < 1.29 is 22.7 Å². The van der Waals surface area contributed by atoms with Crippen molar-refractivity contribution in [3.05, 3.63) is 82.0 Å². The minimum Gasteiger partial charge on any atom is -0.496 e. The molecule has 0 aliphatic carbocycles. The molecule has 2 aromatic carbocycles. The molecule has 13 heteroatoms. The minimum absolute atomic E-state index is 0.0933. The molecule has 1 atom stereocenters. The number of aromatic nitrogens is 2. The topological polar surface area (TPSA) is 132 Å². The van der Waals surface area contributed by atoms with Crippen molar-refractivity contribution in [3.8, 4) is 45.3 Å². The average Bonchev–Trinajstić information content (AvgIpc) is 3.52. The van der Waals surface area contributed by atoms with Crippen molar-refractivity contribution in [1.82, 2.24) is 25.9 Å². The molecular weight excluding hydrogens is 685 g/mol. The van der Waals surface area contributed by atoms with Crippen LogP contribution in [-0.2, 0) is 27.7 Å². The SMILES string of the molecule is COc1cc(-c2nccc(-c3cccc(-c4ccc(CNC[C@H]5CCC(=O)N5)c(OC)n4)c3Cl)c2Cl)ccc1CNC1CCS(=O)(=O)CC1. The highest BCUT2D eigenvalue weighted by Crippen LogP contribution is 2.42.